The number of nitrogens with one attached hydrogen (secondary N) is 2. The van der Waals surface area contributed by atoms with E-state index in [0.717, 1.165) is 62.3 Å². The number of carbonyl (C=O) groups excluding carboxylic acids is 1. The molecule has 1 heterocycles. The Morgan fingerprint density at radius 3 is 2.49 bits per heavy atom. The number of hydrogen-bond acceptors (Lipinski definition) is 3. The van der Waals surface area contributed by atoms with Crippen molar-refractivity contribution in [2.45, 2.75) is 38.0 Å². The van der Waals surface area contributed by atoms with Crippen LogP contribution in [0.1, 0.15) is 47.4 Å². The number of benzene rings is 3. The fourth-order valence-corrected chi connectivity index (χ4v) is 5.56. The van der Waals surface area contributed by atoms with Crippen molar-refractivity contribution >= 4 is 17.4 Å². The Bertz CT molecular complexity index is 1210. The van der Waals surface area contributed by atoms with Crippen molar-refractivity contribution in [3.63, 3.8) is 0 Å². The molecule has 3 aromatic carbocycles. The molecular weight excluding hydrogens is 432 g/mol. The first-order valence-corrected chi connectivity index (χ1v) is 12.6. The third-order valence-corrected chi connectivity index (χ3v) is 7.42. The Balaban J connectivity index is 1.11. The van der Waals surface area contributed by atoms with Gasteiger partial charge in [-0.3, -0.25) is 0 Å². The lowest BCUT2D eigenvalue weighted by atomic mass is 9.82. The summed E-state index contributed by atoms with van der Waals surface area (Å²) in [5.41, 5.74) is 6.48. The molecular formula is C30H32N4O. The van der Waals surface area contributed by atoms with E-state index in [0.29, 0.717) is 11.8 Å². The van der Waals surface area contributed by atoms with Gasteiger partial charge in [0.1, 0.15) is 0 Å². The summed E-state index contributed by atoms with van der Waals surface area (Å²) in [7, 11) is 0. The normalized spacial score (nSPS) is 18.3. The first-order valence-electron chi connectivity index (χ1n) is 12.6. The molecule has 0 bridgehead atoms. The van der Waals surface area contributed by atoms with Gasteiger partial charge in [0.2, 0.25) is 0 Å². The summed E-state index contributed by atoms with van der Waals surface area (Å²) < 4.78 is 0. The van der Waals surface area contributed by atoms with Gasteiger partial charge in [-0.2, -0.15) is 5.26 Å². The minimum absolute atomic E-state index is 0.215. The zero-order chi connectivity index (χ0) is 24.0. The quantitative estimate of drug-likeness (QED) is 0.473. The Labute approximate surface area is 207 Å². The molecule has 1 unspecified atom stereocenters. The Morgan fingerprint density at radius 2 is 1.69 bits per heavy atom. The third-order valence-electron chi connectivity index (χ3n) is 7.42. The molecule has 1 fully saturated rings. The molecule has 2 amide bonds. The highest BCUT2D eigenvalue weighted by Crippen LogP contribution is 2.32. The lowest BCUT2D eigenvalue weighted by Crippen LogP contribution is -2.38. The molecule has 1 aliphatic heterocycles. The molecule has 1 atom stereocenters. The molecule has 2 aliphatic rings. The van der Waals surface area contributed by atoms with E-state index in [4.69, 9.17) is 0 Å². The molecule has 2 N–H and O–H groups in total. The van der Waals surface area contributed by atoms with Crippen LogP contribution in [0.3, 0.4) is 0 Å². The van der Waals surface area contributed by atoms with Crippen molar-refractivity contribution in [3.05, 3.63) is 95.1 Å². The molecule has 3 aromatic rings. The minimum Gasteiger partial charge on any atom is -0.308 e. The first kappa shape index (κ1) is 23.1. The molecule has 0 radical (unpaired) electrons. The molecule has 0 saturated carbocycles. The summed E-state index contributed by atoms with van der Waals surface area (Å²) in [5, 5.41) is 15.0. The number of aryl methyl sites for hydroxylation is 1. The van der Waals surface area contributed by atoms with E-state index in [9.17, 15) is 10.1 Å². The average Bonchev–Trinajstić information content (AvgIpc) is 2.90. The molecule has 0 aromatic heterocycles. The fourth-order valence-electron chi connectivity index (χ4n) is 5.56. The highest BCUT2D eigenvalue weighted by Gasteiger charge is 2.25. The Kier molecular flexibility index (Phi) is 7.11. The number of fused-ring (bicyclic) bond motifs is 1. The van der Waals surface area contributed by atoms with Gasteiger partial charge in [-0.15, -0.1) is 0 Å². The SMILES string of the molecule is N#Cc1cccc(C2CCN(CC3CCc4cc(NC(=O)Nc5ccccc5)ccc4C3)CC2)c1. The number of likely N-dealkylation sites (tertiary alicyclic amines) is 1. The van der Waals surface area contributed by atoms with E-state index in [-0.39, 0.29) is 6.03 Å². The highest BCUT2D eigenvalue weighted by molar-refractivity contribution is 5.99. The van der Waals surface area contributed by atoms with Gasteiger partial charge >= 0.3 is 6.03 Å². The first-order chi connectivity index (χ1) is 17.2. The molecule has 1 aliphatic carbocycles. The second-order valence-corrected chi connectivity index (χ2v) is 9.85. The van der Waals surface area contributed by atoms with Crippen molar-refractivity contribution in [1.82, 2.24) is 4.90 Å². The maximum absolute atomic E-state index is 12.3. The van der Waals surface area contributed by atoms with Gasteiger partial charge in [-0.1, -0.05) is 36.4 Å². The van der Waals surface area contributed by atoms with Crippen LogP contribution in [0.5, 0.6) is 0 Å². The van der Waals surface area contributed by atoms with Crippen LogP contribution in [0, 0.1) is 17.2 Å². The maximum Gasteiger partial charge on any atom is 0.323 e. The van der Waals surface area contributed by atoms with Crippen LogP contribution in [-0.4, -0.2) is 30.6 Å². The van der Waals surface area contributed by atoms with Crippen LogP contribution in [-0.2, 0) is 12.8 Å². The number of piperidine rings is 1. The number of hydrogen-bond donors (Lipinski definition) is 2. The van der Waals surface area contributed by atoms with Gasteiger partial charge in [0.15, 0.2) is 0 Å². The van der Waals surface area contributed by atoms with Crippen molar-refractivity contribution < 1.29 is 4.79 Å². The van der Waals surface area contributed by atoms with Crippen LogP contribution in [0.4, 0.5) is 16.2 Å². The average molecular weight is 465 g/mol. The summed E-state index contributed by atoms with van der Waals surface area (Å²) in [6.45, 7) is 3.41. The van der Waals surface area contributed by atoms with Crippen LogP contribution < -0.4 is 10.6 Å². The summed E-state index contributed by atoms with van der Waals surface area (Å²) in [6, 6.07) is 26.0. The zero-order valence-corrected chi connectivity index (χ0v) is 20.0. The van der Waals surface area contributed by atoms with E-state index >= 15 is 0 Å². The number of urea groups is 1. The Hall–Kier alpha value is -3.62. The van der Waals surface area contributed by atoms with Crippen LogP contribution >= 0.6 is 0 Å². The molecule has 0 spiro atoms. The van der Waals surface area contributed by atoms with Gasteiger partial charge in [-0.25, -0.2) is 4.79 Å². The standard InChI is InChI=1S/C30H32N4O/c31-20-22-5-4-6-25(17-22)24-13-15-34(16-14-24)21-23-9-10-27-19-29(12-11-26(27)18-23)33-30(35)32-28-7-2-1-3-8-28/h1-8,11-12,17,19,23-24H,9-10,13-16,18,21H2,(H2,32,33,35). The van der Waals surface area contributed by atoms with Gasteiger partial charge in [0.05, 0.1) is 11.6 Å². The molecule has 5 heteroatoms. The van der Waals surface area contributed by atoms with E-state index in [1.54, 1.807) is 0 Å². The number of nitriles is 1. The molecule has 35 heavy (non-hydrogen) atoms. The van der Waals surface area contributed by atoms with Gasteiger partial charge in [0, 0.05) is 17.9 Å². The van der Waals surface area contributed by atoms with E-state index in [2.05, 4.69) is 45.9 Å². The topological polar surface area (TPSA) is 68.2 Å². The van der Waals surface area contributed by atoms with Gasteiger partial charge < -0.3 is 15.5 Å². The number of nitrogens with zero attached hydrogens (tertiary/aromatic N) is 2. The fraction of sp³-hybridized carbons (Fsp3) is 0.333. The number of rotatable bonds is 5. The largest absolute Gasteiger partial charge is 0.323 e. The van der Waals surface area contributed by atoms with Crippen LogP contribution in [0.25, 0.3) is 0 Å². The second kappa shape index (κ2) is 10.8. The highest BCUT2D eigenvalue weighted by atomic mass is 16.2. The van der Waals surface area contributed by atoms with Crippen molar-refractivity contribution in [2.24, 2.45) is 5.92 Å². The van der Waals surface area contributed by atoms with E-state index in [1.165, 1.54) is 23.1 Å². The van der Waals surface area contributed by atoms with Crippen molar-refractivity contribution in [1.29, 1.82) is 5.26 Å². The molecule has 1 saturated heterocycles. The van der Waals surface area contributed by atoms with Crippen molar-refractivity contribution in [2.75, 3.05) is 30.3 Å². The second-order valence-electron chi connectivity index (χ2n) is 9.85. The van der Waals surface area contributed by atoms with Gasteiger partial charge in [-0.05, 0) is 110 Å². The zero-order valence-electron chi connectivity index (χ0n) is 20.0. The number of carbonyl (C=O) groups is 1. The van der Waals surface area contributed by atoms with E-state index < -0.39 is 0 Å². The summed E-state index contributed by atoms with van der Waals surface area (Å²) in [4.78, 5) is 15.0. The summed E-state index contributed by atoms with van der Waals surface area (Å²) in [5.74, 6) is 1.25. The van der Waals surface area contributed by atoms with E-state index in [1.807, 2.05) is 48.5 Å². The third kappa shape index (κ3) is 5.90. The number of amides is 2. The monoisotopic (exact) mass is 464 g/mol. The van der Waals surface area contributed by atoms with Crippen molar-refractivity contribution in [3.8, 4) is 6.07 Å². The van der Waals surface area contributed by atoms with Gasteiger partial charge in [0.25, 0.3) is 0 Å². The molecule has 178 valence electrons. The smallest absolute Gasteiger partial charge is 0.308 e. The lowest BCUT2D eigenvalue weighted by molar-refractivity contribution is 0.175. The maximum atomic E-state index is 12.3. The summed E-state index contributed by atoms with van der Waals surface area (Å²) in [6.07, 6.45) is 5.69. The summed E-state index contributed by atoms with van der Waals surface area (Å²) >= 11 is 0. The molecule has 5 rings (SSSR count). The predicted molar refractivity (Wildman–Crippen MR) is 141 cm³/mol. The minimum atomic E-state index is -0.215. The van der Waals surface area contributed by atoms with Crippen LogP contribution in [0.2, 0.25) is 0 Å². The molecule has 5 nitrogen and oxygen atoms in total. The predicted octanol–water partition coefficient (Wildman–Crippen LogP) is 6.19. The lowest BCUT2D eigenvalue weighted by Gasteiger charge is -2.36. The Morgan fingerprint density at radius 1 is 0.886 bits per heavy atom. The van der Waals surface area contributed by atoms with Crippen LogP contribution in [0.15, 0.2) is 72.8 Å². The number of para-hydroxylation sites is 1. The number of anilines is 2.